The molecule has 0 aromatic heterocycles. The molecule has 128 valence electrons. The Morgan fingerprint density at radius 3 is 2.26 bits per heavy atom. The van der Waals surface area contributed by atoms with E-state index in [9.17, 15) is 13.2 Å². The Labute approximate surface area is 138 Å². The molecule has 2 rings (SSSR count). The molecule has 0 aliphatic carbocycles. The number of hydrogen-bond acceptors (Lipinski definition) is 5. The summed E-state index contributed by atoms with van der Waals surface area (Å²) in [6.45, 7) is 3.06. The van der Waals surface area contributed by atoms with Crippen LogP contribution in [0.15, 0.2) is 29.2 Å². The molecule has 1 heterocycles. The average molecular weight is 340 g/mol. The number of benzene rings is 1. The topological polar surface area (TPSA) is 66.9 Å². The van der Waals surface area contributed by atoms with E-state index in [-0.39, 0.29) is 4.90 Å². The molecule has 0 unspecified atom stereocenters. The van der Waals surface area contributed by atoms with Gasteiger partial charge in [0, 0.05) is 19.1 Å². The van der Waals surface area contributed by atoms with Crippen molar-refractivity contribution in [3.05, 3.63) is 29.8 Å². The Kier molecular flexibility index (Phi) is 5.78. The van der Waals surface area contributed by atoms with Gasteiger partial charge in [0.05, 0.1) is 17.1 Å². The van der Waals surface area contributed by atoms with Crippen LogP contribution in [0.1, 0.15) is 30.1 Å². The third-order valence-electron chi connectivity index (χ3n) is 4.16. The number of sulfonamides is 1. The van der Waals surface area contributed by atoms with Crippen LogP contribution in [0.25, 0.3) is 0 Å². The molecule has 0 bridgehead atoms. The highest BCUT2D eigenvalue weighted by molar-refractivity contribution is 7.89. The molecular weight excluding hydrogens is 316 g/mol. The number of carbonyl (C=O) groups is 1. The van der Waals surface area contributed by atoms with Gasteiger partial charge in [0.25, 0.3) is 0 Å². The van der Waals surface area contributed by atoms with Crippen molar-refractivity contribution in [2.24, 2.45) is 0 Å². The zero-order valence-electron chi connectivity index (χ0n) is 13.9. The Morgan fingerprint density at radius 1 is 1.22 bits per heavy atom. The maximum Gasteiger partial charge on any atom is 0.338 e. The number of carbonyl (C=O) groups excluding carboxylic acids is 1. The fourth-order valence-electron chi connectivity index (χ4n) is 2.73. The summed E-state index contributed by atoms with van der Waals surface area (Å²) in [5, 5.41) is 0. The van der Waals surface area contributed by atoms with Crippen molar-refractivity contribution in [3.63, 3.8) is 0 Å². The van der Waals surface area contributed by atoms with Gasteiger partial charge in [-0.05, 0) is 58.1 Å². The van der Waals surface area contributed by atoms with Crippen LogP contribution in [-0.2, 0) is 14.8 Å². The number of esters is 1. The molecule has 1 aliphatic rings. The fraction of sp³-hybridized carbons (Fsp3) is 0.562. The minimum Gasteiger partial charge on any atom is -0.462 e. The third kappa shape index (κ3) is 4.10. The molecule has 0 N–H and O–H groups in total. The summed E-state index contributed by atoms with van der Waals surface area (Å²) < 4.78 is 31.8. The molecule has 0 radical (unpaired) electrons. The largest absolute Gasteiger partial charge is 0.462 e. The average Bonchev–Trinajstić information content (AvgIpc) is 2.55. The number of nitrogens with zero attached hydrogens (tertiary/aromatic N) is 2. The molecule has 7 heteroatoms. The van der Waals surface area contributed by atoms with Crippen LogP contribution in [0.5, 0.6) is 0 Å². The van der Waals surface area contributed by atoms with Crippen LogP contribution in [0.4, 0.5) is 0 Å². The van der Waals surface area contributed by atoms with Gasteiger partial charge in [0.2, 0.25) is 10.0 Å². The lowest BCUT2D eigenvalue weighted by Gasteiger charge is -2.34. The van der Waals surface area contributed by atoms with Crippen LogP contribution in [-0.4, -0.2) is 63.4 Å². The first-order valence-electron chi connectivity index (χ1n) is 7.80. The van der Waals surface area contributed by atoms with Gasteiger partial charge in [-0.15, -0.1) is 0 Å². The number of ether oxygens (including phenoxy) is 1. The molecule has 1 saturated heterocycles. The standard InChI is InChI=1S/C16H24N2O4S/c1-4-22-16(19)13-5-7-15(8-6-13)23(20,21)18-11-9-14(10-12-18)17(2)3/h5-8,14H,4,9-12H2,1-3H3. The number of piperidine rings is 1. The van der Waals surface area contributed by atoms with E-state index >= 15 is 0 Å². The molecule has 0 atom stereocenters. The maximum atomic E-state index is 12.7. The van der Waals surface area contributed by atoms with Gasteiger partial charge in [-0.1, -0.05) is 0 Å². The molecule has 6 nitrogen and oxygen atoms in total. The first kappa shape index (κ1) is 17.9. The number of rotatable bonds is 5. The first-order valence-corrected chi connectivity index (χ1v) is 9.24. The highest BCUT2D eigenvalue weighted by Crippen LogP contribution is 2.22. The smallest absolute Gasteiger partial charge is 0.338 e. The van der Waals surface area contributed by atoms with E-state index < -0.39 is 16.0 Å². The van der Waals surface area contributed by atoms with Crippen molar-refractivity contribution in [2.45, 2.75) is 30.7 Å². The van der Waals surface area contributed by atoms with Gasteiger partial charge in [0.1, 0.15) is 0 Å². The Balaban J connectivity index is 2.10. The van der Waals surface area contributed by atoms with Crippen molar-refractivity contribution in [1.29, 1.82) is 0 Å². The molecule has 1 aliphatic heterocycles. The van der Waals surface area contributed by atoms with E-state index in [0.717, 1.165) is 12.8 Å². The predicted octanol–water partition coefficient (Wildman–Crippen LogP) is 1.58. The molecule has 0 amide bonds. The summed E-state index contributed by atoms with van der Waals surface area (Å²) in [7, 11) is 0.530. The van der Waals surface area contributed by atoms with Crippen molar-refractivity contribution in [2.75, 3.05) is 33.8 Å². The van der Waals surface area contributed by atoms with Gasteiger partial charge >= 0.3 is 5.97 Å². The second-order valence-electron chi connectivity index (χ2n) is 5.84. The van der Waals surface area contributed by atoms with Gasteiger partial charge < -0.3 is 9.64 Å². The SMILES string of the molecule is CCOC(=O)c1ccc(S(=O)(=O)N2CCC(N(C)C)CC2)cc1. The van der Waals surface area contributed by atoms with E-state index in [4.69, 9.17) is 4.74 Å². The van der Waals surface area contributed by atoms with Crippen LogP contribution in [0.2, 0.25) is 0 Å². The van der Waals surface area contributed by atoms with E-state index in [2.05, 4.69) is 4.90 Å². The summed E-state index contributed by atoms with van der Waals surface area (Å²) in [6, 6.07) is 6.36. The molecule has 1 fully saturated rings. The highest BCUT2D eigenvalue weighted by atomic mass is 32.2. The van der Waals surface area contributed by atoms with Crippen LogP contribution >= 0.6 is 0 Å². The lowest BCUT2D eigenvalue weighted by molar-refractivity contribution is 0.0526. The molecule has 23 heavy (non-hydrogen) atoms. The highest BCUT2D eigenvalue weighted by Gasteiger charge is 2.30. The molecule has 0 saturated carbocycles. The van der Waals surface area contributed by atoms with Gasteiger partial charge in [-0.2, -0.15) is 4.31 Å². The summed E-state index contributed by atoms with van der Waals surface area (Å²) in [4.78, 5) is 14.0. The van der Waals surface area contributed by atoms with Crippen LogP contribution < -0.4 is 0 Å². The normalized spacial score (nSPS) is 17.4. The quantitative estimate of drug-likeness (QED) is 0.761. The first-order chi connectivity index (χ1) is 10.9. The summed E-state index contributed by atoms with van der Waals surface area (Å²) >= 11 is 0. The summed E-state index contributed by atoms with van der Waals surface area (Å²) in [5.74, 6) is -0.441. The minimum absolute atomic E-state index is 0.217. The zero-order chi connectivity index (χ0) is 17.0. The maximum absolute atomic E-state index is 12.7. The Hall–Kier alpha value is -1.44. The molecule has 1 aromatic carbocycles. The van der Waals surface area contributed by atoms with E-state index in [1.807, 2.05) is 14.1 Å². The Morgan fingerprint density at radius 2 is 1.78 bits per heavy atom. The lowest BCUT2D eigenvalue weighted by Crippen LogP contribution is -2.44. The Bertz CT molecular complexity index is 633. The molecular formula is C16H24N2O4S. The van der Waals surface area contributed by atoms with Crippen molar-refractivity contribution < 1.29 is 17.9 Å². The van der Waals surface area contributed by atoms with Gasteiger partial charge in [0.15, 0.2) is 0 Å². The minimum atomic E-state index is -3.50. The zero-order valence-corrected chi connectivity index (χ0v) is 14.7. The third-order valence-corrected chi connectivity index (χ3v) is 6.07. The molecule has 0 spiro atoms. The van der Waals surface area contributed by atoms with Crippen molar-refractivity contribution in [3.8, 4) is 0 Å². The van der Waals surface area contributed by atoms with E-state index in [1.165, 1.54) is 28.6 Å². The second kappa shape index (κ2) is 7.42. The monoisotopic (exact) mass is 340 g/mol. The van der Waals surface area contributed by atoms with E-state index in [0.29, 0.717) is 31.3 Å². The van der Waals surface area contributed by atoms with Gasteiger partial charge in [-0.3, -0.25) is 0 Å². The molecule has 1 aromatic rings. The van der Waals surface area contributed by atoms with Crippen molar-refractivity contribution >= 4 is 16.0 Å². The fourth-order valence-corrected chi connectivity index (χ4v) is 4.20. The predicted molar refractivity (Wildman–Crippen MR) is 87.9 cm³/mol. The van der Waals surface area contributed by atoms with Crippen LogP contribution in [0, 0.1) is 0 Å². The summed E-state index contributed by atoms with van der Waals surface area (Å²) in [6.07, 6.45) is 1.65. The van der Waals surface area contributed by atoms with Crippen LogP contribution in [0.3, 0.4) is 0 Å². The van der Waals surface area contributed by atoms with E-state index in [1.54, 1.807) is 6.92 Å². The lowest BCUT2D eigenvalue weighted by atomic mass is 10.1. The number of hydrogen-bond donors (Lipinski definition) is 0. The van der Waals surface area contributed by atoms with Gasteiger partial charge in [-0.25, -0.2) is 13.2 Å². The van der Waals surface area contributed by atoms with Crippen molar-refractivity contribution in [1.82, 2.24) is 9.21 Å². The summed E-state index contributed by atoms with van der Waals surface area (Å²) in [5.41, 5.74) is 0.358. The second-order valence-corrected chi connectivity index (χ2v) is 7.78.